The van der Waals surface area contributed by atoms with E-state index < -0.39 is 5.91 Å². The zero-order valence-electron chi connectivity index (χ0n) is 18.7. The number of halogens is 1. The summed E-state index contributed by atoms with van der Waals surface area (Å²) in [6.07, 6.45) is 3.72. The van der Waals surface area contributed by atoms with E-state index >= 15 is 0 Å². The van der Waals surface area contributed by atoms with Crippen LogP contribution >= 0.6 is 22.9 Å². The third-order valence-electron chi connectivity index (χ3n) is 5.03. The first-order valence-corrected chi connectivity index (χ1v) is 11.8. The molecule has 180 valence electrons. The Balaban J connectivity index is 1.60. The molecule has 0 unspecified atom stereocenters. The highest BCUT2D eigenvalue weighted by molar-refractivity contribution is 7.17. The van der Waals surface area contributed by atoms with Gasteiger partial charge in [0, 0.05) is 19.0 Å². The Morgan fingerprint density at radius 3 is 2.71 bits per heavy atom. The van der Waals surface area contributed by atoms with Crippen molar-refractivity contribution in [2.24, 2.45) is 0 Å². The van der Waals surface area contributed by atoms with Crippen LogP contribution < -0.4 is 21.7 Å². The van der Waals surface area contributed by atoms with Crippen molar-refractivity contribution in [3.8, 4) is 0 Å². The van der Waals surface area contributed by atoms with Gasteiger partial charge < -0.3 is 10.6 Å². The molecule has 0 bridgehead atoms. The normalized spacial score (nSPS) is 10.7. The molecule has 0 aliphatic carbocycles. The number of nitrogens with one attached hydrogen (secondary N) is 3. The number of carbonyl (C=O) groups excluding carboxylic acids is 2. The smallest absolute Gasteiger partial charge is 0.267 e. The van der Waals surface area contributed by atoms with Gasteiger partial charge in [-0.3, -0.25) is 24.2 Å². The average molecular weight is 505 g/mol. The summed E-state index contributed by atoms with van der Waals surface area (Å²) in [4.78, 5) is 45.2. The fourth-order valence-corrected chi connectivity index (χ4v) is 4.24. The molecule has 0 aliphatic rings. The second-order valence-electron chi connectivity index (χ2n) is 7.56. The number of para-hydroxylation sites is 1. The van der Waals surface area contributed by atoms with Crippen LogP contribution in [-0.2, 0) is 11.3 Å². The van der Waals surface area contributed by atoms with Gasteiger partial charge in [-0.15, -0.1) is 0 Å². The fourth-order valence-electron chi connectivity index (χ4n) is 3.26. The van der Waals surface area contributed by atoms with E-state index in [0.29, 0.717) is 51.7 Å². The Hall–Kier alpha value is -3.28. The standard InChI is InChI=1S/C22H25ClN6O4S/c1-13-7-6-8-15(23)20(13)27-21(32)16-12-24-22(34-16)26-17-11-19(31)29(14(2)25-17)10-5-3-4-9-18(30)28-33/h6-8,11-12,33H,3-5,9-10H2,1-2H3,(H,24,26)(H,27,32)(H,28,30). The summed E-state index contributed by atoms with van der Waals surface area (Å²) in [5.74, 6) is 0.110. The molecule has 34 heavy (non-hydrogen) atoms. The lowest BCUT2D eigenvalue weighted by Crippen LogP contribution is -2.24. The molecule has 10 nitrogen and oxygen atoms in total. The van der Waals surface area contributed by atoms with Crippen molar-refractivity contribution < 1.29 is 14.8 Å². The largest absolute Gasteiger partial charge is 0.320 e. The van der Waals surface area contributed by atoms with E-state index in [1.807, 2.05) is 19.1 Å². The monoisotopic (exact) mass is 504 g/mol. The van der Waals surface area contributed by atoms with Gasteiger partial charge in [0.25, 0.3) is 11.5 Å². The second-order valence-corrected chi connectivity index (χ2v) is 9.00. The second kappa shape index (κ2) is 11.7. The molecule has 0 spiro atoms. The molecule has 3 aromatic rings. The van der Waals surface area contributed by atoms with Crippen molar-refractivity contribution in [3.63, 3.8) is 0 Å². The number of aromatic nitrogens is 3. The number of amides is 2. The quantitative estimate of drug-likeness (QED) is 0.186. The maximum absolute atomic E-state index is 12.6. The third kappa shape index (κ3) is 6.62. The number of nitrogens with zero attached hydrogens (tertiary/aromatic N) is 3. The third-order valence-corrected chi connectivity index (χ3v) is 6.26. The lowest BCUT2D eigenvalue weighted by atomic mass is 10.2. The molecule has 2 heterocycles. The van der Waals surface area contributed by atoms with Crippen molar-refractivity contribution in [1.29, 1.82) is 0 Å². The average Bonchev–Trinajstić information content (AvgIpc) is 3.26. The first-order valence-electron chi connectivity index (χ1n) is 10.6. The predicted molar refractivity (Wildman–Crippen MR) is 131 cm³/mol. The maximum atomic E-state index is 12.6. The molecule has 0 aliphatic heterocycles. The van der Waals surface area contributed by atoms with E-state index in [-0.39, 0.29) is 17.9 Å². The van der Waals surface area contributed by atoms with Crippen LogP contribution in [0.2, 0.25) is 5.02 Å². The molecule has 0 saturated carbocycles. The Morgan fingerprint density at radius 1 is 1.21 bits per heavy atom. The predicted octanol–water partition coefficient (Wildman–Crippen LogP) is 4.03. The number of rotatable bonds is 10. The maximum Gasteiger partial charge on any atom is 0.267 e. The lowest BCUT2D eigenvalue weighted by Gasteiger charge is -2.11. The number of unbranched alkanes of at least 4 members (excludes halogenated alkanes) is 2. The molecule has 0 fully saturated rings. The van der Waals surface area contributed by atoms with Gasteiger partial charge in [0.2, 0.25) is 5.91 Å². The van der Waals surface area contributed by atoms with Gasteiger partial charge in [-0.1, -0.05) is 41.5 Å². The Morgan fingerprint density at radius 2 is 2.00 bits per heavy atom. The van der Waals surface area contributed by atoms with Gasteiger partial charge >= 0.3 is 0 Å². The van der Waals surface area contributed by atoms with Crippen LogP contribution in [0.3, 0.4) is 0 Å². The van der Waals surface area contributed by atoms with Crippen molar-refractivity contribution in [3.05, 3.63) is 62.1 Å². The summed E-state index contributed by atoms with van der Waals surface area (Å²) < 4.78 is 1.56. The van der Waals surface area contributed by atoms with Gasteiger partial charge in [0.1, 0.15) is 16.5 Å². The zero-order chi connectivity index (χ0) is 24.7. The molecular formula is C22H25ClN6O4S. The lowest BCUT2D eigenvalue weighted by molar-refractivity contribution is -0.129. The van der Waals surface area contributed by atoms with Gasteiger partial charge in [-0.2, -0.15) is 0 Å². The summed E-state index contributed by atoms with van der Waals surface area (Å²) in [7, 11) is 0. The fraction of sp³-hybridized carbons (Fsp3) is 0.318. The number of thiazole rings is 1. The summed E-state index contributed by atoms with van der Waals surface area (Å²) in [5.41, 5.74) is 2.78. The molecule has 2 aromatic heterocycles. The molecule has 12 heteroatoms. The van der Waals surface area contributed by atoms with E-state index in [1.54, 1.807) is 23.0 Å². The Labute approximate surface area is 205 Å². The summed E-state index contributed by atoms with van der Waals surface area (Å²) in [6, 6.07) is 6.74. The topological polar surface area (TPSA) is 138 Å². The summed E-state index contributed by atoms with van der Waals surface area (Å²) in [6.45, 7) is 4.06. The number of carbonyl (C=O) groups is 2. The molecule has 0 radical (unpaired) electrons. The molecule has 2 amide bonds. The minimum absolute atomic E-state index is 0.216. The van der Waals surface area contributed by atoms with Gasteiger partial charge in [0.15, 0.2) is 5.13 Å². The van der Waals surface area contributed by atoms with Gasteiger partial charge in [-0.25, -0.2) is 15.4 Å². The molecule has 4 N–H and O–H groups in total. The highest BCUT2D eigenvalue weighted by Crippen LogP contribution is 2.27. The first-order chi connectivity index (χ1) is 16.3. The Bertz CT molecular complexity index is 1220. The van der Waals surface area contributed by atoms with Crippen molar-refractivity contribution >= 4 is 51.4 Å². The molecule has 0 saturated heterocycles. The number of hydroxylamine groups is 1. The van der Waals surface area contributed by atoms with E-state index in [1.165, 1.54) is 12.3 Å². The number of aryl methyl sites for hydroxylation is 2. The van der Waals surface area contributed by atoms with Crippen molar-refractivity contribution in [2.75, 3.05) is 10.6 Å². The van der Waals surface area contributed by atoms with Crippen molar-refractivity contribution in [1.82, 2.24) is 20.0 Å². The van der Waals surface area contributed by atoms with E-state index in [9.17, 15) is 14.4 Å². The van der Waals surface area contributed by atoms with Crippen LogP contribution in [0.15, 0.2) is 35.3 Å². The number of hydrogen-bond donors (Lipinski definition) is 4. The minimum atomic E-state index is -0.424. The molecular weight excluding hydrogens is 480 g/mol. The number of benzene rings is 1. The van der Waals surface area contributed by atoms with Crippen LogP contribution in [0, 0.1) is 13.8 Å². The molecule has 3 rings (SSSR count). The van der Waals surface area contributed by atoms with E-state index in [0.717, 1.165) is 23.3 Å². The summed E-state index contributed by atoms with van der Waals surface area (Å²) in [5, 5.41) is 15.2. The number of hydrogen-bond acceptors (Lipinski definition) is 8. The van der Waals surface area contributed by atoms with E-state index in [2.05, 4.69) is 20.6 Å². The van der Waals surface area contributed by atoms with Crippen LogP contribution in [-0.4, -0.2) is 31.6 Å². The van der Waals surface area contributed by atoms with Crippen LogP contribution in [0.25, 0.3) is 0 Å². The van der Waals surface area contributed by atoms with Crippen LogP contribution in [0.5, 0.6) is 0 Å². The molecule has 1 aromatic carbocycles. The van der Waals surface area contributed by atoms with Crippen molar-refractivity contribution in [2.45, 2.75) is 46.1 Å². The zero-order valence-corrected chi connectivity index (χ0v) is 20.3. The van der Waals surface area contributed by atoms with Crippen LogP contribution in [0.4, 0.5) is 16.6 Å². The van der Waals surface area contributed by atoms with Crippen LogP contribution in [0.1, 0.15) is 46.7 Å². The van der Waals surface area contributed by atoms with Gasteiger partial charge in [0.05, 0.1) is 16.9 Å². The highest BCUT2D eigenvalue weighted by Gasteiger charge is 2.15. The first kappa shape index (κ1) is 25.3. The number of anilines is 3. The molecule has 0 atom stereocenters. The Kier molecular flexibility index (Phi) is 8.74. The summed E-state index contributed by atoms with van der Waals surface area (Å²) >= 11 is 7.31. The van der Waals surface area contributed by atoms with E-state index in [4.69, 9.17) is 16.8 Å². The SMILES string of the molecule is Cc1cccc(Cl)c1NC(=O)c1cnc(Nc2cc(=O)n(CCCCCC(=O)NO)c(C)n2)s1. The highest BCUT2D eigenvalue weighted by atomic mass is 35.5. The van der Waals surface area contributed by atoms with Gasteiger partial charge in [-0.05, 0) is 38.3 Å². The minimum Gasteiger partial charge on any atom is -0.320 e.